The van der Waals surface area contributed by atoms with E-state index in [0.29, 0.717) is 0 Å². The molecule has 1 N–H and O–H groups in total. The highest BCUT2D eigenvalue weighted by atomic mass is 19.4. The maximum atomic E-state index is 12.7. The molecule has 17 heavy (non-hydrogen) atoms. The third kappa shape index (κ3) is 2.75. The van der Waals surface area contributed by atoms with E-state index in [2.05, 4.69) is 0 Å². The molecule has 0 aromatic heterocycles. The van der Waals surface area contributed by atoms with Crippen LogP contribution < -0.4 is 0 Å². The molecule has 0 spiro atoms. The highest BCUT2D eigenvalue weighted by Crippen LogP contribution is 2.35. The predicted molar refractivity (Wildman–Crippen MR) is 52.2 cm³/mol. The van der Waals surface area contributed by atoms with Gasteiger partial charge in [-0.1, -0.05) is 12.1 Å². The average molecular weight is 243 g/mol. The third-order valence-corrected chi connectivity index (χ3v) is 2.24. The molecule has 0 bridgehead atoms. The first-order valence-electron chi connectivity index (χ1n) is 4.59. The molecule has 0 heterocycles. The lowest BCUT2D eigenvalue weighted by molar-refractivity contribution is -0.139. The van der Waals surface area contributed by atoms with Crippen LogP contribution in [0.4, 0.5) is 13.2 Å². The smallest absolute Gasteiger partial charge is 0.417 e. The van der Waals surface area contributed by atoms with Crippen molar-refractivity contribution < 1.29 is 23.1 Å². The van der Waals surface area contributed by atoms with Crippen LogP contribution >= 0.6 is 0 Å². The zero-order valence-electron chi connectivity index (χ0n) is 8.80. The molecule has 1 aromatic carbocycles. The van der Waals surface area contributed by atoms with Crippen molar-refractivity contribution in [3.05, 3.63) is 34.4 Å². The number of nitriles is 1. The molecule has 6 heteroatoms. The molecule has 0 fully saturated rings. The molecule has 0 radical (unpaired) electrons. The molecule has 0 atom stereocenters. The minimum absolute atomic E-state index is 0.0943. The minimum Gasteiger partial charge on any atom is -0.481 e. The summed E-state index contributed by atoms with van der Waals surface area (Å²) in [4.78, 5) is 10.5. The van der Waals surface area contributed by atoms with Crippen molar-refractivity contribution in [3.63, 3.8) is 0 Å². The summed E-state index contributed by atoms with van der Waals surface area (Å²) in [5, 5.41) is 17.3. The van der Waals surface area contributed by atoms with E-state index in [4.69, 9.17) is 10.4 Å². The molecule has 0 saturated heterocycles. The molecular formula is C11H8F3NO2. The van der Waals surface area contributed by atoms with Crippen molar-refractivity contribution in [2.24, 2.45) is 0 Å². The lowest BCUT2D eigenvalue weighted by Gasteiger charge is -2.14. The Labute approximate surface area is 95.1 Å². The van der Waals surface area contributed by atoms with Crippen molar-refractivity contribution in [2.75, 3.05) is 0 Å². The van der Waals surface area contributed by atoms with E-state index in [1.54, 1.807) is 0 Å². The number of rotatable bonds is 2. The van der Waals surface area contributed by atoms with Gasteiger partial charge in [-0.3, -0.25) is 4.79 Å². The molecule has 0 saturated carbocycles. The van der Waals surface area contributed by atoms with Gasteiger partial charge in [-0.05, 0) is 18.1 Å². The van der Waals surface area contributed by atoms with E-state index < -0.39 is 29.7 Å². The van der Waals surface area contributed by atoms with Crippen LogP contribution in [0.15, 0.2) is 12.1 Å². The Morgan fingerprint density at radius 2 is 2.06 bits per heavy atom. The lowest BCUT2D eigenvalue weighted by atomic mass is 9.95. The fourth-order valence-corrected chi connectivity index (χ4v) is 1.55. The molecule has 0 amide bonds. The molecule has 1 rings (SSSR count). The number of halogens is 3. The number of hydrogen-bond acceptors (Lipinski definition) is 2. The normalized spacial score (nSPS) is 11.0. The number of hydrogen-bond donors (Lipinski definition) is 1. The number of carbonyl (C=O) groups is 1. The second-order valence-corrected chi connectivity index (χ2v) is 3.47. The van der Waals surface area contributed by atoms with E-state index in [0.717, 1.165) is 0 Å². The Kier molecular flexibility index (Phi) is 3.42. The van der Waals surface area contributed by atoms with Crippen molar-refractivity contribution in [3.8, 4) is 6.07 Å². The Bertz CT molecular complexity index is 501. The summed E-state index contributed by atoms with van der Waals surface area (Å²) in [6.45, 7) is 1.23. The predicted octanol–water partition coefficient (Wildman–Crippen LogP) is 2.51. The molecule has 1 aromatic rings. The van der Waals surface area contributed by atoms with E-state index in [1.165, 1.54) is 25.1 Å². The van der Waals surface area contributed by atoms with Gasteiger partial charge in [0.05, 0.1) is 17.5 Å². The first-order valence-corrected chi connectivity index (χ1v) is 4.59. The fourth-order valence-electron chi connectivity index (χ4n) is 1.55. The standard InChI is InChI=1S/C11H8F3NO2/c1-6-2-3-7(4-9(16)17)8(5-15)10(6)11(12,13)14/h2-3H,4H2,1H3,(H,16,17). The molecule has 0 unspecified atom stereocenters. The molecule has 3 nitrogen and oxygen atoms in total. The average Bonchev–Trinajstić information content (AvgIpc) is 2.17. The number of nitrogens with zero attached hydrogens (tertiary/aromatic N) is 1. The highest BCUT2D eigenvalue weighted by molar-refractivity contribution is 5.72. The van der Waals surface area contributed by atoms with Gasteiger partial charge < -0.3 is 5.11 Å². The van der Waals surface area contributed by atoms with Gasteiger partial charge in [0.25, 0.3) is 0 Å². The summed E-state index contributed by atoms with van der Waals surface area (Å²) in [6, 6.07) is 3.84. The Morgan fingerprint density at radius 1 is 1.47 bits per heavy atom. The van der Waals surface area contributed by atoms with E-state index >= 15 is 0 Å². The van der Waals surface area contributed by atoms with Gasteiger partial charge in [0, 0.05) is 0 Å². The van der Waals surface area contributed by atoms with Crippen LogP contribution in [-0.4, -0.2) is 11.1 Å². The number of carboxylic acid groups (broad SMARTS) is 1. The SMILES string of the molecule is Cc1ccc(CC(=O)O)c(C#N)c1C(F)(F)F. The quantitative estimate of drug-likeness (QED) is 0.868. The molecule has 0 aliphatic heterocycles. The number of alkyl halides is 3. The summed E-state index contributed by atoms with van der Waals surface area (Å²) >= 11 is 0. The third-order valence-electron chi connectivity index (χ3n) is 2.24. The molecule has 0 aliphatic rings. The maximum absolute atomic E-state index is 12.7. The van der Waals surface area contributed by atoms with Crippen LogP contribution in [0.1, 0.15) is 22.3 Å². The van der Waals surface area contributed by atoms with Gasteiger partial charge in [0.15, 0.2) is 0 Å². The zero-order chi connectivity index (χ0) is 13.2. The largest absolute Gasteiger partial charge is 0.481 e. The molecular weight excluding hydrogens is 235 g/mol. The second-order valence-electron chi connectivity index (χ2n) is 3.47. The van der Waals surface area contributed by atoms with Crippen LogP contribution in [0.3, 0.4) is 0 Å². The lowest BCUT2D eigenvalue weighted by Crippen LogP contribution is -2.13. The van der Waals surface area contributed by atoms with E-state index in [1.807, 2.05) is 0 Å². The highest BCUT2D eigenvalue weighted by Gasteiger charge is 2.36. The van der Waals surface area contributed by atoms with Gasteiger partial charge in [0.2, 0.25) is 0 Å². The van der Waals surface area contributed by atoms with Crippen molar-refractivity contribution in [2.45, 2.75) is 19.5 Å². The fraction of sp³-hybridized carbons (Fsp3) is 0.273. The van der Waals surface area contributed by atoms with E-state index in [9.17, 15) is 18.0 Å². The van der Waals surface area contributed by atoms with Gasteiger partial charge in [-0.2, -0.15) is 18.4 Å². The van der Waals surface area contributed by atoms with Crippen LogP contribution in [-0.2, 0) is 17.4 Å². The summed E-state index contributed by atoms with van der Waals surface area (Å²) in [5.41, 5.74) is -1.89. The maximum Gasteiger partial charge on any atom is 0.417 e. The number of aliphatic carboxylic acids is 1. The second kappa shape index (κ2) is 4.45. The van der Waals surface area contributed by atoms with Crippen LogP contribution in [0, 0.1) is 18.3 Å². The Morgan fingerprint density at radius 3 is 2.47 bits per heavy atom. The zero-order valence-corrected chi connectivity index (χ0v) is 8.80. The van der Waals surface area contributed by atoms with Gasteiger partial charge >= 0.3 is 12.1 Å². The summed E-state index contributed by atoms with van der Waals surface area (Å²) in [7, 11) is 0. The summed E-state index contributed by atoms with van der Waals surface area (Å²) in [5.74, 6) is -1.28. The Balaban J connectivity index is 3.49. The van der Waals surface area contributed by atoms with Crippen LogP contribution in [0.25, 0.3) is 0 Å². The molecule has 0 aliphatic carbocycles. The number of benzene rings is 1. The van der Waals surface area contributed by atoms with E-state index in [-0.39, 0.29) is 11.1 Å². The number of aryl methyl sites for hydroxylation is 1. The first-order chi connectivity index (χ1) is 7.77. The van der Waals surface area contributed by atoms with Crippen LogP contribution in [0.2, 0.25) is 0 Å². The topological polar surface area (TPSA) is 61.1 Å². The van der Waals surface area contributed by atoms with Gasteiger partial charge in [0.1, 0.15) is 6.07 Å². The van der Waals surface area contributed by atoms with Gasteiger partial charge in [-0.25, -0.2) is 0 Å². The number of carboxylic acids is 1. The van der Waals surface area contributed by atoms with Crippen LogP contribution in [0.5, 0.6) is 0 Å². The van der Waals surface area contributed by atoms with Crippen molar-refractivity contribution >= 4 is 5.97 Å². The van der Waals surface area contributed by atoms with Gasteiger partial charge in [-0.15, -0.1) is 0 Å². The monoisotopic (exact) mass is 243 g/mol. The van der Waals surface area contributed by atoms with Crippen molar-refractivity contribution in [1.82, 2.24) is 0 Å². The minimum atomic E-state index is -4.66. The summed E-state index contributed by atoms with van der Waals surface area (Å²) in [6.07, 6.45) is -5.27. The summed E-state index contributed by atoms with van der Waals surface area (Å²) < 4.78 is 38.1. The molecule has 90 valence electrons. The first kappa shape index (κ1) is 13.0. The van der Waals surface area contributed by atoms with Crippen molar-refractivity contribution in [1.29, 1.82) is 5.26 Å². The Hall–Kier alpha value is -2.03.